The van der Waals surface area contributed by atoms with Crippen LogP contribution in [0.5, 0.6) is 5.75 Å². The molecule has 27 heavy (non-hydrogen) atoms. The van der Waals surface area contributed by atoms with Crippen molar-refractivity contribution in [2.24, 2.45) is 5.92 Å². The van der Waals surface area contributed by atoms with Gasteiger partial charge in [0.15, 0.2) is 11.6 Å². The highest BCUT2D eigenvalue weighted by Gasteiger charge is 2.34. The summed E-state index contributed by atoms with van der Waals surface area (Å²) < 4.78 is 68.9. The zero-order valence-electron chi connectivity index (χ0n) is 14.8. The molecule has 0 heterocycles. The lowest BCUT2D eigenvalue weighted by atomic mass is 9.77. The number of hydrogen-bond acceptors (Lipinski definition) is 1. The summed E-state index contributed by atoms with van der Waals surface area (Å²) in [6.07, 6.45) is 3.09. The van der Waals surface area contributed by atoms with E-state index >= 15 is 0 Å². The molecule has 1 fully saturated rings. The molecule has 0 saturated heterocycles. The number of ether oxygens (including phenoxy) is 1. The number of hydrogen-bond donors (Lipinski definition) is 0. The predicted octanol–water partition coefficient (Wildman–Crippen LogP) is 7.26. The van der Waals surface area contributed by atoms with Gasteiger partial charge in [0.25, 0.3) is 0 Å². The van der Waals surface area contributed by atoms with E-state index in [0.29, 0.717) is 11.8 Å². The van der Waals surface area contributed by atoms with Crippen LogP contribution in [0.3, 0.4) is 0 Å². The molecule has 1 aliphatic carbocycles. The maximum absolute atomic E-state index is 14.3. The van der Waals surface area contributed by atoms with E-state index in [9.17, 15) is 22.0 Å². The summed E-state index contributed by atoms with van der Waals surface area (Å²) >= 11 is 0. The third-order valence-electron chi connectivity index (χ3n) is 5.33. The molecule has 0 radical (unpaired) electrons. The fraction of sp³-hybridized carbons (Fsp3) is 0.429. The Bertz CT molecular complexity index is 819. The number of rotatable bonds is 5. The molecule has 0 amide bonds. The van der Waals surface area contributed by atoms with Crippen LogP contribution in [0, 0.1) is 17.6 Å². The molecule has 1 aliphatic rings. The van der Waals surface area contributed by atoms with Crippen LogP contribution in [0.15, 0.2) is 36.9 Å². The van der Waals surface area contributed by atoms with E-state index in [1.807, 2.05) is 6.08 Å². The molecular formula is C21H21F5O. The maximum Gasteiger partial charge on any atom is 0.573 e. The van der Waals surface area contributed by atoms with E-state index in [0.717, 1.165) is 50.2 Å². The molecule has 0 aliphatic heterocycles. The Morgan fingerprint density at radius 1 is 1.07 bits per heavy atom. The molecule has 2 aromatic carbocycles. The lowest BCUT2D eigenvalue weighted by Crippen LogP contribution is -2.19. The summed E-state index contributed by atoms with van der Waals surface area (Å²) in [7, 11) is 0. The van der Waals surface area contributed by atoms with Crippen LogP contribution in [0.2, 0.25) is 0 Å². The van der Waals surface area contributed by atoms with Gasteiger partial charge >= 0.3 is 6.36 Å². The second-order valence-corrected chi connectivity index (χ2v) is 7.11. The van der Waals surface area contributed by atoms with Crippen molar-refractivity contribution in [1.82, 2.24) is 0 Å². The molecule has 6 heteroatoms. The van der Waals surface area contributed by atoms with Gasteiger partial charge in [-0.2, -0.15) is 0 Å². The Hall–Kier alpha value is -2.11. The summed E-state index contributed by atoms with van der Waals surface area (Å²) in [6, 6.07) is 5.70. The summed E-state index contributed by atoms with van der Waals surface area (Å²) in [5, 5.41) is 0.157. The van der Waals surface area contributed by atoms with Crippen molar-refractivity contribution in [2.45, 2.75) is 50.8 Å². The first-order valence-electron chi connectivity index (χ1n) is 9.06. The average molecular weight is 384 g/mol. The topological polar surface area (TPSA) is 9.23 Å². The van der Waals surface area contributed by atoms with Crippen molar-refractivity contribution in [2.75, 3.05) is 0 Å². The Morgan fingerprint density at radius 3 is 2.41 bits per heavy atom. The van der Waals surface area contributed by atoms with Crippen LogP contribution in [-0.4, -0.2) is 6.36 Å². The van der Waals surface area contributed by atoms with Gasteiger partial charge in [0, 0.05) is 5.39 Å². The monoisotopic (exact) mass is 384 g/mol. The van der Waals surface area contributed by atoms with E-state index in [1.165, 1.54) is 6.07 Å². The number of fused-ring (bicyclic) bond motifs is 1. The average Bonchev–Trinajstić information content (AvgIpc) is 2.62. The van der Waals surface area contributed by atoms with Gasteiger partial charge in [0.2, 0.25) is 5.75 Å². The summed E-state index contributed by atoms with van der Waals surface area (Å²) in [6.45, 7) is 3.74. The van der Waals surface area contributed by atoms with Crippen LogP contribution >= 0.6 is 0 Å². The second-order valence-electron chi connectivity index (χ2n) is 7.11. The Morgan fingerprint density at radius 2 is 1.78 bits per heavy atom. The van der Waals surface area contributed by atoms with E-state index in [2.05, 4.69) is 11.3 Å². The second kappa shape index (κ2) is 7.87. The fourth-order valence-electron chi connectivity index (χ4n) is 3.93. The van der Waals surface area contributed by atoms with Crippen LogP contribution in [0.4, 0.5) is 22.0 Å². The minimum absolute atomic E-state index is 0.0842. The molecule has 0 atom stereocenters. The van der Waals surface area contributed by atoms with Gasteiger partial charge in [-0.1, -0.05) is 24.3 Å². The highest BCUT2D eigenvalue weighted by molar-refractivity contribution is 5.85. The van der Waals surface area contributed by atoms with Crippen LogP contribution < -0.4 is 4.74 Å². The van der Waals surface area contributed by atoms with Gasteiger partial charge < -0.3 is 4.74 Å². The van der Waals surface area contributed by atoms with Crippen molar-refractivity contribution in [3.63, 3.8) is 0 Å². The molecule has 0 spiro atoms. The van der Waals surface area contributed by atoms with Gasteiger partial charge in [0.05, 0.1) is 0 Å². The zero-order valence-corrected chi connectivity index (χ0v) is 14.8. The van der Waals surface area contributed by atoms with Crippen LogP contribution in [0.25, 0.3) is 10.8 Å². The van der Waals surface area contributed by atoms with E-state index < -0.39 is 23.7 Å². The Balaban J connectivity index is 1.82. The smallest absolute Gasteiger partial charge is 0.399 e. The van der Waals surface area contributed by atoms with Gasteiger partial charge in [-0.15, -0.1) is 19.8 Å². The molecule has 1 nitrogen and oxygen atoms in total. The Kier molecular flexibility index (Phi) is 5.72. The first kappa shape index (κ1) is 19.6. The van der Waals surface area contributed by atoms with Gasteiger partial charge in [-0.05, 0) is 67.4 Å². The molecular weight excluding hydrogens is 363 g/mol. The molecule has 0 bridgehead atoms. The SMILES string of the molecule is C=CCC[C@H]1CC[C@H](c2ccc3c(F)c(OC(F)(F)F)c(F)cc3c2)CC1. The molecule has 3 rings (SSSR count). The van der Waals surface area contributed by atoms with Crippen LogP contribution in [0.1, 0.15) is 50.0 Å². The van der Waals surface area contributed by atoms with E-state index in [1.54, 1.807) is 12.1 Å². The molecule has 0 aromatic heterocycles. The fourth-order valence-corrected chi connectivity index (χ4v) is 3.93. The molecule has 0 unspecified atom stereocenters. The van der Waals surface area contributed by atoms with E-state index in [-0.39, 0.29) is 10.8 Å². The van der Waals surface area contributed by atoms with Gasteiger partial charge in [0.1, 0.15) is 0 Å². The van der Waals surface area contributed by atoms with E-state index in [4.69, 9.17) is 0 Å². The molecule has 0 N–H and O–H groups in total. The van der Waals surface area contributed by atoms with Crippen molar-refractivity contribution in [3.05, 3.63) is 54.1 Å². The predicted molar refractivity (Wildman–Crippen MR) is 94.7 cm³/mol. The quantitative estimate of drug-likeness (QED) is 0.389. The summed E-state index contributed by atoms with van der Waals surface area (Å²) in [4.78, 5) is 0. The molecule has 146 valence electrons. The van der Waals surface area contributed by atoms with Crippen molar-refractivity contribution >= 4 is 10.8 Å². The minimum Gasteiger partial charge on any atom is -0.399 e. The molecule has 1 saturated carbocycles. The lowest BCUT2D eigenvalue weighted by Gasteiger charge is -2.29. The maximum atomic E-state index is 14.3. The third-order valence-corrected chi connectivity index (χ3v) is 5.33. The van der Waals surface area contributed by atoms with Gasteiger partial charge in [-0.3, -0.25) is 0 Å². The number of benzene rings is 2. The molecule has 2 aromatic rings. The summed E-state index contributed by atoms with van der Waals surface area (Å²) in [5.41, 5.74) is 0.966. The summed E-state index contributed by atoms with van der Waals surface area (Å²) in [5.74, 6) is -3.13. The van der Waals surface area contributed by atoms with Crippen molar-refractivity contribution in [3.8, 4) is 5.75 Å². The number of halogens is 5. The van der Waals surface area contributed by atoms with Crippen molar-refractivity contribution in [1.29, 1.82) is 0 Å². The minimum atomic E-state index is -5.15. The Labute approximate surface area is 154 Å². The first-order valence-corrected chi connectivity index (χ1v) is 9.06. The van der Waals surface area contributed by atoms with Crippen molar-refractivity contribution < 1.29 is 26.7 Å². The normalized spacial score (nSPS) is 20.6. The van der Waals surface area contributed by atoms with Crippen LogP contribution in [-0.2, 0) is 0 Å². The third kappa shape index (κ3) is 4.60. The lowest BCUT2D eigenvalue weighted by molar-refractivity contribution is -0.276. The number of alkyl halides is 3. The first-order chi connectivity index (χ1) is 12.8. The highest BCUT2D eigenvalue weighted by atomic mass is 19.4. The van der Waals surface area contributed by atoms with Gasteiger partial charge in [-0.25, -0.2) is 8.78 Å². The largest absolute Gasteiger partial charge is 0.573 e. The number of allylic oxidation sites excluding steroid dienone is 1. The zero-order chi connectivity index (χ0) is 19.6. The highest BCUT2D eigenvalue weighted by Crippen LogP contribution is 2.40. The standard InChI is InChI=1S/C21H21F5O/c1-2-3-4-13-5-7-14(8-6-13)15-9-10-17-16(11-15)12-18(22)20(19(17)23)27-21(24,25)26/h2,9-14H,1,3-8H2/t13-,14-.